The highest BCUT2D eigenvalue weighted by atomic mass is 127. The van der Waals surface area contributed by atoms with Crippen molar-refractivity contribution in [1.82, 2.24) is 15.7 Å². The molecule has 1 saturated carbocycles. The number of pyridine rings is 1. The number of hydrogen-bond acceptors (Lipinski definition) is 3. The van der Waals surface area contributed by atoms with Gasteiger partial charge in [0.2, 0.25) is 0 Å². The highest BCUT2D eigenvalue weighted by molar-refractivity contribution is 14.1. The standard InChI is InChI=1S/C9H11IN4O/c10-7-2-1-5-11-8(7)13-14-9(15)12-6-3-4-6/h1-2,5-6H,3-4H2,(H,11,13)(H2,12,14,15). The molecule has 2 rings (SSSR count). The van der Waals surface area contributed by atoms with Crippen LogP contribution in [0.1, 0.15) is 12.8 Å². The van der Waals surface area contributed by atoms with E-state index in [0.717, 1.165) is 16.4 Å². The summed E-state index contributed by atoms with van der Waals surface area (Å²) in [5.41, 5.74) is 5.31. The van der Waals surface area contributed by atoms with Crippen LogP contribution in [0.5, 0.6) is 0 Å². The third-order valence-electron chi connectivity index (χ3n) is 1.97. The summed E-state index contributed by atoms with van der Waals surface area (Å²) in [5, 5.41) is 2.80. The number of rotatable bonds is 3. The maximum atomic E-state index is 11.3. The molecule has 0 radical (unpaired) electrons. The van der Waals surface area contributed by atoms with Crippen molar-refractivity contribution in [3.63, 3.8) is 0 Å². The van der Waals surface area contributed by atoms with E-state index in [1.807, 2.05) is 12.1 Å². The predicted molar refractivity (Wildman–Crippen MR) is 65.3 cm³/mol. The van der Waals surface area contributed by atoms with Crippen LogP contribution in [0.4, 0.5) is 10.6 Å². The number of nitrogens with zero attached hydrogens (tertiary/aromatic N) is 1. The molecule has 0 aliphatic heterocycles. The molecule has 1 aromatic heterocycles. The van der Waals surface area contributed by atoms with Crippen LogP contribution in [0, 0.1) is 3.57 Å². The molecule has 0 aromatic carbocycles. The van der Waals surface area contributed by atoms with Crippen LogP contribution >= 0.6 is 22.6 Å². The number of carbonyl (C=O) groups is 1. The van der Waals surface area contributed by atoms with E-state index < -0.39 is 0 Å². The van der Waals surface area contributed by atoms with Gasteiger partial charge in [-0.05, 0) is 47.6 Å². The average molecular weight is 318 g/mol. The van der Waals surface area contributed by atoms with Gasteiger partial charge in [-0.1, -0.05) is 0 Å². The van der Waals surface area contributed by atoms with Crippen molar-refractivity contribution in [3.05, 3.63) is 21.9 Å². The maximum absolute atomic E-state index is 11.3. The lowest BCUT2D eigenvalue weighted by molar-refractivity contribution is 0.242. The summed E-state index contributed by atoms with van der Waals surface area (Å²) >= 11 is 2.15. The molecule has 0 spiro atoms. The van der Waals surface area contributed by atoms with E-state index in [1.54, 1.807) is 6.20 Å². The van der Waals surface area contributed by atoms with Crippen molar-refractivity contribution >= 4 is 34.4 Å². The summed E-state index contributed by atoms with van der Waals surface area (Å²) in [5.74, 6) is 0.657. The number of hydrazine groups is 1. The third-order valence-corrected chi connectivity index (χ3v) is 2.84. The lowest BCUT2D eigenvalue weighted by Crippen LogP contribution is -2.40. The topological polar surface area (TPSA) is 66.0 Å². The Bertz CT molecular complexity index is 367. The predicted octanol–water partition coefficient (Wildman–Crippen LogP) is 1.47. The highest BCUT2D eigenvalue weighted by Crippen LogP contribution is 2.18. The van der Waals surface area contributed by atoms with E-state index in [-0.39, 0.29) is 6.03 Å². The monoisotopic (exact) mass is 318 g/mol. The number of hydrogen-bond donors (Lipinski definition) is 3. The van der Waals surface area contributed by atoms with E-state index in [4.69, 9.17) is 0 Å². The van der Waals surface area contributed by atoms with E-state index in [1.165, 1.54) is 0 Å². The molecule has 0 unspecified atom stereocenters. The van der Waals surface area contributed by atoms with Gasteiger partial charge in [0.05, 0.1) is 3.57 Å². The largest absolute Gasteiger partial charge is 0.334 e. The van der Waals surface area contributed by atoms with Crippen LogP contribution in [0.15, 0.2) is 18.3 Å². The number of nitrogens with one attached hydrogen (secondary N) is 3. The number of anilines is 1. The maximum Gasteiger partial charge on any atom is 0.333 e. The summed E-state index contributed by atoms with van der Waals surface area (Å²) in [6.45, 7) is 0. The SMILES string of the molecule is O=C(NNc1ncccc1I)NC1CC1. The summed E-state index contributed by atoms with van der Waals surface area (Å²) in [7, 11) is 0. The molecule has 1 fully saturated rings. The Hall–Kier alpha value is -1.05. The lowest BCUT2D eigenvalue weighted by atomic mass is 10.5. The third kappa shape index (κ3) is 3.22. The Morgan fingerprint density at radius 1 is 1.53 bits per heavy atom. The minimum Gasteiger partial charge on any atom is -0.334 e. The minimum atomic E-state index is -0.209. The fourth-order valence-electron chi connectivity index (χ4n) is 1.04. The Kier molecular flexibility index (Phi) is 3.24. The van der Waals surface area contributed by atoms with Gasteiger partial charge in [0.1, 0.15) is 0 Å². The zero-order valence-electron chi connectivity index (χ0n) is 7.96. The zero-order valence-corrected chi connectivity index (χ0v) is 10.1. The molecule has 80 valence electrons. The molecule has 1 heterocycles. The molecule has 15 heavy (non-hydrogen) atoms. The van der Waals surface area contributed by atoms with Crippen molar-refractivity contribution in [3.8, 4) is 0 Å². The van der Waals surface area contributed by atoms with E-state index >= 15 is 0 Å². The van der Waals surface area contributed by atoms with Gasteiger partial charge in [0.25, 0.3) is 0 Å². The summed E-state index contributed by atoms with van der Waals surface area (Å²) in [6, 6.07) is 3.90. The molecule has 5 nitrogen and oxygen atoms in total. The Balaban J connectivity index is 1.81. The minimum absolute atomic E-state index is 0.209. The first-order valence-electron chi connectivity index (χ1n) is 4.69. The summed E-state index contributed by atoms with van der Waals surface area (Å²) in [4.78, 5) is 15.3. The highest BCUT2D eigenvalue weighted by Gasteiger charge is 2.23. The van der Waals surface area contributed by atoms with Gasteiger partial charge < -0.3 is 5.32 Å². The Morgan fingerprint density at radius 2 is 2.33 bits per heavy atom. The first-order chi connectivity index (χ1) is 7.25. The van der Waals surface area contributed by atoms with Crippen LogP contribution in [0.3, 0.4) is 0 Å². The van der Waals surface area contributed by atoms with Crippen molar-refractivity contribution in [2.45, 2.75) is 18.9 Å². The van der Waals surface area contributed by atoms with Crippen molar-refractivity contribution in [2.24, 2.45) is 0 Å². The number of aromatic nitrogens is 1. The molecular weight excluding hydrogens is 307 g/mol. The second kappa shape index (κ2) is 4.65. The first kappa shape index (κ1) is 10.5. The Labute approximate surface area is 101 Å². The average Bonchev–Trinajstić information content (AvgIpc) is 3.00. The number of halogens is 1. The van der Waals surface area contributed by atoms with Crippen LogP contribution < -0.4 is 16.2 Å². The molecule has 2 amide bonds. The van der Waals surface area contributed by atoms with E-state index in [0.29, 0.717) is 11.9 Å². The summed E-state index contributed by atoms with van der Waals surface area (Å²) in [6.07, 6.45) is 3.83. The van der Waals surface area contributed by atoms with Gasteiger partial charge in [-0.25, -0.2) is 9.78 Å². The van der Waals surface area contributed by atoms with Crippen molar-refractivity contribution in [1.29, 1.82) is 0 Å². The van der Waals surface area contributed by atoms with E-state index in [9.17, 15) is 4.79 Å². The number of carbonyl (C=O) groups excluding carboxylic acids is 1. The smallest absolute Gasteiger partial charge is 0.333 e. The second-order valence-corrected chi connectivity index (χ2v) is 4.49. The summed E-state index contributed by atoms with van der Waals surface area (Å²) < 4.78 is 0.960. The van der Waals surface area contributed by atoms with E-state index in [2.05, 4.69) is 43.7 Å². The van der Waals surface area contributed by atoms with Gasteiger partial charge in [-0.3, -0.25) is 10.9 Å². The molecule has 0 bridgehead atoms. The van der Waals surface area contributed by atoms with Crippen LogP contribution in [-0.4, -0.2) is 17.1 Å². The molecule has 1 aromatic rings. The Morgan fingerprint density at radius 3 is 3.00 bits per heavy atom. The van der Waals surface area contributed by atoms with Gasteiger partial charge in [0.15, 0.2) is 5.82 Å². The number of urea groups is 1. The molecule has 0 atom stereocenters. The molecule has 1 aliphatic carbocycles. The normalized spacial score (nSPS) is 14.5. The van der Waals surface area contributed by atoms with Gasteiger partial charge >= 0.3 is 6.03 Å². The molecular formula is C9H11IN4O. The molecule has 1 aliphatic rings. The first-order valence-corrected chi connectivity index (χ1v) is 5.76. The molecule has 3 N–H and O–H groups in total. The quantitative estimate of drug-likeness (QED) is 0.584. The molecule has 0 saturated heterocycles. The van der Waals surface area contributed by atoms with Crippen molar-refractivity contribution in [2.75, 3.05) is 5.43 Å². The van der Waals surface area contributed by atoms with Crippen LogP contribution in [-0.2, 0) is 0 Å². The van der Waals surface area contributed by atoms with Gasteiger partial charge in [-0.2, -0.15) is 0 Å². The van der Waals surface area contributed by atoms with Crippen LogP contribution in [0.2, 0.25) is 0 Å². The van der Waals surface area contributed by atoms with Gasteiger partial charge in [-0.15, -0.1) is 0 Å². The molecule has 6 heteroatoms. The zero-order chi connectivity index (χ0) is 10.7. The number of amides is 2. The second-order valence-electron chi connectivity index (χ2n) is 3.33. The van der Waals surface area contributed by atoms with Crippen LogP contribution in [0.25, 0.3) is 0 Å². The fraction of sp³-hybridized carbons (Fsp3) is 0.333. The fourth-order valence-corrected chi connectivity index (χ4v) is 1.52. The lowest BCUT2D eigenvalue weighted by Gasteiger charge is -2.09. The van der Waals surface area contributed by atoms with Crippen molar-refractivity contribution < 1.29 is 4.79 Å². The van der Waals surface area contributed by atoms with Gasteiger partial charge in [0, 0.05) is 12.2 Å².